The molecule has 3 heterocycles. The van der Waals surface area contributed by atoms with Crippen LogP contribution in [0.5, 0.6) is 0 Å². The Hall–Kier alpha value is -3.37. The number of methoxy groups -OCH3 is 1. The first kappa shape index (κ1) is 28.6. The van der Waals surface area contributed by atoms with Crippen LogP contribution in [-0.4, -0.2) is 70.9 Å². The molecule has 1 aromatic carbocycles. The number of hydrogen-bond donors (Lipinski definition) is 0. The lowest BCUT2D eigenvalue weighted by molar-refractivity contribution is -0.148. The lowest BCUT2D eigenvalue weighted by Gasteiger charge is -2.46. The van der Waals surface area contributed by atoms with Crippen LogP contribution in [0.25, 0.3) is 0 Å². The van der Waals surface area contributed by atoms with Crippen molar-refractivity contribution in [1.82, 2.24) is 20.0 Å². The lowest BCUT2D eigenvalue weighted by Crippen LogP contribution is -2.57. The molecule has 39 heavy (non-hydrogen) atoms. The fraction of sp³-hybridized carbons (Fsp3) is 0.552. The number of amides is 2. The molecule has 1 saturated heterocycles. The van der Waals surface area contributed by atoms with Crippen LogP contribution in [0.15, 0.2) is 47.0 Å². The van der Waals surface area contributed by atoms with E-state index in [1.54, 1.807) is 18.2 Å². The number of hydrogen-bond acceptors (Lipinski definition) is 8. The number of benzene rings is 1. The highest BCUT2D eigenvalue weighted by atomic mass is 16.5. The number of ether oxygens (including phenoxy) is 1. The van der Waals surface area contributed by atoms with E-state index in [1.165, 1.54) is 6.08 Å². The van der Waals surface area contributed by atoms with Crippen molar-refractivity contribution >= 4 is 23.3 Å². The Morgan fingerprint density at radius 1 is 1.05 bits per heavy atom. The Bertz CT molecular complexity index is 1180. The van der Waals surface area contributed by atoms with Crippen molar-refractivity contribution in [3.8, 4) is 0 Å². The maximum atomic E-state index is 13.4. The van der Waals surface area contributed by atoms with Gasteiger partial charge >= 0.3 is 0 Å². The van der Waals surface area contributed by atoms with Crippen molar-refractivity contribution in [2.75, 3.05) is 38.2 Å². The van der Waals surface area contributed by atoms with Gasteiger partial charge in [-0.15, -0.1) is 10.2 Å². The lowest BCUT2D eigenvalue weighted by atomic mass is 9.75. The van der Waals surface area contributed by atoms with E-state index in [0.717, 1.165) is 5.69 Å². The van der Waals surface area contributed by atoms with Crippen LogP contribution in [0.2, 0.25) is 0 Å². The summed E-state index contributed by atoms with van der Waals surface area (Å²) in [4.78, 5) is 45.0. The second-order valence-corrected chi connectivity index (χ2v) is 10.2. The summed E-state index contributed by atoms with van der Waals surface area (Å²) in [7, 11) is 1.57. The van der Waals surface area contributed by atoms with Crippen molar-refractivity contribution in [3.05, 3.63) is 54.4 Å². The first-order valence-electron chi connectivity index (χ1n) is 13.8. The normalized spacial score (nSPS) is 18.9. The third kappa shape index (κ3) is 5.40. The number of ketones is 1. The molecule has 2 amide bonds. The number of anilines is 1. The fourth-order valence-corrected chi connectivity index (χ4v) is 5.76. The minimum Gasteiger partial charge on any atom is -0.420 e. The molecule has 4 rings (SSSR count). The van der Waals surface area contributed by atoms with Crippen LogP contribution in [0.3, 0.4) is 0 Å². The second-order valence-electron chi connectivity index (χ2n) is 10.2. The van der Waals surface area contributed by atoms with Crippen molar-refractivity contribution in [2.24, 2.45) is 5.41 Å². The van der Waals surface area contributed by atoms with Gasteiger partial charge in [0.1, 0.15) is 17.6 Å². The van der Waals surface area contributed by atoms with Gasteiger partial charge in [0.2, 0.25) is 23.6 Å². The zero-order chi connectivity index (χ0) is 28.0. The van der Waals surface area contributed by atoms with E-state index < -0.39 is 11.0 Å². The van der Waals surface area contributed by atoms with E-state index in [2.05, 4.69) is 15.1 Å². The Kier molecular flexibility index (Phi) is 8.97. The average molecular weight is 538 g/mol. The molecule has 1 aromatic heterocycles. The van der Waals surface area contributed by atoms with Crippen LogP contribution in [0.4, 0.5) is 5.69 Å². The Morgan fingerprint density at radius 3 is 2.36 bits per heavy atom. The number of likely N-dealkylation sites (tertiary alicyclic amines) is 1. The monoisotopic (exact) mass is 537 g/mol. The number of para-hydroxylation sites is 1. The molecule has 0 atom stereocenters. The number of carbonyl (C=O) groups excluding carboxylic acids is 3. The van der Waals surface area contributed by atoms with Gasteiger partial charge in [0.25, 0.3) is 0 Å². The number of aromatic nitrogens is 2. The molecular weight excluding hydrogens is 498 g/mol. The molecule has 2 aliphatic rings. The molecule has 0 radical (unpaired) electrons. The second kappa shape index (κ2) is 12.2. The predicted molar refractivity (Wildman–Crippen MR) is 145 cm³/mol. The zero-order valence-electron chi connectivity index (χ0n) is 23.4. The summed E-state index contributed by atoms with van der Waals surface area (Å²) in [6.45, 7) is 8.31. The Labute approximate surface area is 230 Å². The molecule has 2 aromatic rings. The largest absolute Gasteiger partial charge is 0.420 e. The number of piperidine rings is 1. The minimum absolute atomic E-state index is 0.0228. The molecular formula is C29H39N5O5. The van der Waals surface area contributed by atoms with Crippen LogP contribution < -0.4 is 4.90 Å². The molecule has 210 valence electrons. The van der Waals surface area contributed by atoms with Crippen molar-refractivity contribution in [1.29, 1.82) is 0 Å². The van der Waals surface area contributed by atoms with E-state index in [9.17, 15) is 14.4 Å². The summed E-state index contributed by atoms with van der Waals surface area (Å²) in [5, 5.41) is 8.56. The molecule has 0 aliphatic carbocycles. The first-order chi connectivity index (χ1) is 18.8. The van der Waals surface area contributed by atoms with Crippen LogP contribution in [0.1, 0.15) is 64.7 Å². The SMILES string of the molecule is CCC(=O)N(c1ccccc1)C1(c2nnc(COC)o2)CCN(CCN2C=CC(=O)C(CC)(CC)C2=O)CC1. The fourth-order valence-electron chi connectivity index (χ4n) is 5.76. The molecule has 10 heteroatoms. The number of carbonyl (C=O) groups is 3. The standard InChI is InChI=1S/C29H39N5O5/c1-5-25(36)34(22-11-9-8-10-12-22)29(26-31-30-24(39-26)21-38-4)14-17-32(18-15-29)19-20-33-16-13-23(35)28(6-2,7-3)27(33)37/h8-13,16H,5-7,14-15,17-21H2,1-4H3. The van der Waals surface area contributed by atoms with Crippen molar-refractivity contribution < 1.29 is 23.5 Å². The maximum Gasteiger partial charge on any atom is 0.242 e. The molecule has 0 spiro atoms. The first-order valence-corrected chi connectivity index (χ1v) is 13.8. The topological polar surface area (TPSA) is 109 Å². The van der Waals surface area contributed by atoms with Gasteiger partial charge in [-0.3, -0.25) is 19.3 Å². The third-order valence-corrected chi connectivity index (χ3v) is 8.22. The number of rotatable bonds is 11. The van der Waals surface area contributed by atoms with Gasteiger partial charge in [0, 0.05) is 51.6 Å². The van der Waals surface area contributed by atoms with Gasteiger partial charge in [-0.2, -0.15) is 0 Å². The Morgan fingerprint density at radius 2 is 1.74 bits per heavy atom. The summed E-state index contributed by atoms with van der Waals surface area (Å²) in [5.74, 6) is 0.525. The third-order valence-electron chi connectivity index (χ3n) is 8.22. The molecule has 1 fully saturated rings. The van der Waals surface area contributed by atoms with Gasteiger partial charge in [0.15, 0.2) is 5.78 Å². The molecule has 10 nitrogen and oxygen atoms in total. The van der Waals surface area contributed by atoms with Gasteiger partial charge in [0.05, 0.1) is 0 Å². The van der Waals surface area contributed by atoms with Crippen molar-refractivity contribution in [2.45, 2.75) is 65.0 Å². The predicted octanol–water partition coefficient (Wildman–Crippen LogP) is 3.68. The smallest absolute Gasteiger partial charge is 0.242 e. The van der Waals surface area contributed by atoms with E-state index in [1.807, 2.05) is 56.0 Å². The molecule has 0 N–H and O–H groups in total. The summed E-state index contributed by atoms with van der Waals surface area (Å²) >= 11 is 0. The van der Waals surface area contributed by atoms with Crippen LogP contribution in [0, 0.1) is 5.41 Å². The average Bonchev–Trinajstić information content (AvgIpc) is 3.44. The molecule has 0 unspecified atom stereocenters. The van der Waals surface area contributed by atoms with E-state index in [4.69, 9.17) is 9.15 Å². The molecule has 0 bridgehead atoms. The van der Waals surface area contributed by atoms with E-state index in [0.29, 0.717) is 70.1 Å². The highest BCUT2D eigenvalue weighted by Gasteiger charge is 2.49. The summed E-state index contributed by atoms with van der Waals surface area (Å²) in [5.41, 5.74) is -0.981. The van der Waals surface area contributed by atoms with Gasteiger partial charge in [-0.25, -0.2) is 0 Å². The highest BCUT2D eigenvalue weighted by molar-refractivity contribution is 6.13. The van der Waals surface area contributed by atoms with Crippen LogP contribution in [-0.2, 0) is 31.3 Å². The van der Waals surface area contributed by atoms with Crippen molar-refractivity contribution in [3.63, 3.8) is 0 Å². The quantitative estimate of drug-likeness (QED) is 0.400. The molecule has 0 saturated carbocycles. The number of allylic oxidation sites excluding steroid dienone is 1. The maximum absolute atomic E-state index is 13.4. The summed E-state index contributed by atoms with van der Waals surface area (Å²) in [6.07, 6.45) is 5.63. The zero-order valence-corrected chi connectivity index (χ0v) is 23.4. The molecule has 2 aliphatic heterocycles. The summed E-state index contributed by atoms with van der Waals surface area (Å²) < 4.78 is 11.3. The van der Waals surface area contributed by atoms with E-state index >= 15 is 0 Å². The Balaban J connectivity index is 1.56. The van der Waals surface area contributed by atoms with Gasteiger partial charge in [-0.05, 0) is 43.9 Å². The van der Waals surface area contributed by atoms with Crippen LogP contribution >= 0.6 is 0 Å². The van der Waals surface area contributed by atoms with E-state index in [-0.39, 0.29) is 24.2 Å². The summed E-state index contributed by atoms with van der Waals surface area (Å²) in [6, 6.07) is 9.61. The van der Waals surface area contributed by atoms with Gasteiger partial charge < -0.3 is 19.0 Å². The minimum atomic E-state index is -0.958. The van der Waals surface area contributed by atoms with Gasteiger partial charge in [-0.1, -0.05) is 39.0 Å². The number of nitrogens with zero attached hydrogens (tertiary/aromatic N) is 5. The highest BCUT2D eigenvalue weighted by Crippen LogP contribution is 2.42.